The fourth-order valence-electron chi connectivity index (χ4n) is 3.10. The minimum Gasteiger partial charge on any atom is -0.497 e. The zero-order valence-electron chi connectivity index (χ0n) is 18.9. The first-order valence-corrected chi connectivity index (χ1v) is 11.3. The Morgan fingerprint density at radius 3 is 1.97 bits per heavy atom. The predicted octanol–water partition coefficient (Wildman–Crippen LogP) is 7.51. The minimum atomic E-state index is -4.81. The lowest BCUT2D eigenvalue weighted by molar-refractivity contribution is -0.138. The molecule has 12 heteroatoms. The molecule has 0 aliphatic carbocycles. The molecule has 0 heterocycles. The van der Waals surface area contributed by atoms with Crippen molar-refractivity contribution in [1.29, 1.82) is 10.5 Å². The van der Waals surface area contributed by atoms with Crippen LogP contribution in [0.5, 0.6) is 5.75 Å². The number of nitrogens with zero attached hydrogens (tertiary/aromatic N) is 3. The van der Waals surface area contributed by atoms with Gasteiger partial charge in [0, 0.05) is 11.4 Å². The number of halogens is 6. The van der Waals surface area contributed by atoms with Crippen molar-refractivity contribution >= 4 is 28.3 Å². The van der Waals surface area contributed by atoms with Crippen molar-refractivity contribution < 1.29 is 31.1 Å². The summed E-state index contributed by atoms with van der Waals surface area (Å²) in [6.07, 6.45) is -9.61. The Balaban J connectivity index is 2.01. The highest BCUT2D eigenvalue weighted by Gasteiger charge is 2.35. The first kappa shape index (κ1) is 27.4. The minimum absolute atomic E-state index is 0.00789. The van der Waals surface area contributed by atoms with Crippen LogP contribution in [0.1, 0.15) is 27.8 Å². The maximum Gasteiger partial charge on any atom is 0.417 e. The summed E-state index contributed by atoms with van der Waals surface area (Å²) in [6, 6.07) is 15.7. The number of nitrogens with one attached hydrogen (secondary N) is 1. The monoisotopic (exact) mass is 534 g/mol. The van der Waals surface area contributed by atoms with Crippen molar-refractivity contribution in [1.82, 2.24) is 0 Å². The van der Waals surface area contributed by atoms with Gasteiger partial charge in [-0.05, 0) is 54.1 Å². The molecule has 3 rings (SSSR count). The van der Waals surface area contributed by atoms with Gasteiger partial charge in [-0.25, -0.2) is 4.99 Å². The summed E-state index contributed by atoms with van der Waals surface area (Å²) in [5, 5.41) is 20.7. The lowest BCUT2D eigenvalue weighted by Crippen LogP contribution is -2.12. The standard InChI is InChI=1S/C25H16F6N4OS/c1-36-20-8-2-15(3-9-20)14-37-23(34-18-6-4-16(12-32)21(10-18)24(26,27)28)35-19-7-5-17(13-33)22(11-19)25(29,30)31/h2-11H,14H2,1H3,(H,34,35). The van der Waals surface area contributed by atoms with E-state index in [4.69, 9.17) is 15.3 Å². The van der Waals surface area contributed by atoms with E-state index in [9.17, 15) is 26.3 Å². The van der Waals surface area contributed by atoms with Crippen LogP contribution in [0.15, 0.2) is 65.7 Å². The SMILES string of the molecule is COc1ccc(CSC(=Nc2ccc(C#N)c(C(F)(F)F)c2)Nc2ccc(C#N)c(C(F)(F)F)c2)cc1. The molecule has 0 bridgehead atoms. The highest BCUT2D eigenvalue weighted by atomic mass is 32.2. The lowest BCUT2D eigenvalue weighted by atomic mass is 10.1. The maximum absolute atomic E-state index is 13.4. The van der Waals surface area contributed by atoms with Gasteiger partial charge in [-0.2, -0.15) is 36.9 Å². The van der Waals surface area contributed by atoms with E-state index in [0.29, 0.717) is 11.8 Å². The van der Waals surface area contributed by atoms with E-state index in [1.165, 1.54) is 31.4 Å². The van der Waals surface area contributed by atoms with Gasteiger partial charge in [0.05, 0.1) is 47.2 Å². The number of nitriles is 2. The highest BCUT2D eigenvalue weighted by Crippen LogP contribution is 2.36. The largest absolute Gasteiger partial charge is 0.497 e. The van der Waals surface area contributed by atoms with Crippen molar-refractivity contribution in [3.05, 3.63) is 88.5 Å². The quantitative estimate of drug-likeness (QED) is 0.208. The molecule has 0 spiro atoms. The molecule has 5 nitrogen and oxygen atoms in total. The van der Waals surface area contributed by atoms with Gasteiger partial charge in [0.2, 0.25) is 0 Å². The number of methoxy groups -OCH3 is 1. The Morgan fingerprint density at radius 2 is 1.43 bits per heavy atom. The summed E-state index contributed by atoms with van der Waals surface area (Å²) in [6.45, 7) is 0. The van der Waals surface area contributed by atoms with E-state index in [0.717, 1.165) is 35.5 Å². The van der Waals surface area contributed by atoms with Crippen LogP contribution < -0.4 is 10.1 Å². The van der Waals surface area contributed by atoms with Crippen LogP contribution in [0.25, 0.3) is 0 Å². The summed E-state index contributed by atoms with van der Waals surface area (Å²) in [4.78, 5) is 4.17. The smallest absolute Gasteiger partial charge is 0.417 e. The van der Waals surface area contributed by atoms with Gasteiger partial charge in [-0.1, -0.05) is 23.9 Å². The molecule has 0 aliphatic heterocycles. The fraction of sp³-hybridized carbons (Fsp3) is 0.160. The van der Waals surface area contributed by atoms with Crippen LogP contribution in [-0.4, -0.2) is 12.3 Å². The normalized spacial score (nSPS) is 12.0. The molecular weight excluding hydrogens is 518 g/mol. The average molecular weight is 534 g/mol. The van der Waals surface area contributed by atoms with Gasteiger partial charge < -0.3 is 10.1 Å². The number of thioether (sulfide) groups is 1. The fourth-order valence-corrected chi connectivity index (χ4v) is 3.95. The molecular formula is C25H16F6N4OS. The molecule has 37 heavy (non-hydrogen) atoms. The molecule has 3 aromatic rings. The van der Waals surface area contributed by atoms with Gasteiger partial charge in [-0.15, -0.1) is 0 Å². The summed E-state index contributed by atoms with van der Waals surface area (Å²) in [5.74, 6) is 0.871. The number of rotatable bonds is 5. The molecule has 0 saturated carbocycles. The molecule has 1 N–H and O–H groups in total. The van der Waals surface area contributed by atoms with E-state index < -0.39 is 34.6 Å². The molecule has 0 saturated heterocycles. The van der Waals surface area contributed by atoms with Crippen molar-refractivity contribution in [2.24, 2.45) is 4.99 Å². The second-order valence-corrected chi connectivity index (χ2v) is 8.35. The van der Waals surface area contributed by atoms with Gasteiger partial charge >= 0.3 is 12.4 Å². The topological polar surface area (TPSA) is 81.2 Å². The second kappa shape index (κ2) is 11.3. The van der Waals surface area contributed by atoms with Gasteiger partial charge in [-0.3, -0.25) is 0 Å². The molecule has 3 aromatic carbocycles. The average Bonchev–Trinajstić information content (AvgIpc) is 2.86. The summed E-state index contributed by atoms with van der Waals surface area (Å²) in [5.41, 5.74) is -2.98. The zero-order chi connectivity index (χ0) is 27.2. The molecule has 0 unspecified atom stereocenters. The molecule has 0 aliphatic rings. The van der Waals surface area contributed by atoms with Crippen molar-refractivity contribution in [2.75, 3.05) is 12.4 Å². The van der Waals surface area contributed by atoms with E-state index in [2.05, 4.69) is 10.3 Å². The third-order valence-electron chi connectivity index (χ3n) is 4.89. The lowest BCUT2D eigenvalue weighted by Gasteiger charge is -2.14. The van der Waals surface area contributed by atoms with Crippen LogP contribution in [0.3, 0.4) is 0 Å². The Hall–Kier alpha value is -4.16. The number of benzene rings is 3. The first-order valence-electron chi connectivity index (χ1n) is 10.3. The number of alkyl halides is 6. The number of ether oxygens (including phenoxy) is 1. The van der Waals surface area contributed by atoms with Crippen LogP contribution in [0.2, 0.25) is 0 Å². The zero-order valence-corrected chi connectivity index (χ0v) is 19.7. The van der Waals surface area contributed by atoms with E-state index >= 15 is 0 Å². The third-order valence-corrected chi connectivity index (χ3v) is 5.84. The molecule has 0 radical (unpaired) electrons. The number of anilines is 1. The molecule has 0 amide bonds. The number of hydrogen-bond acceptors (Lipinski definition) is 5. The number of amidine groups is 1. The Kier molecular flexibility index (Phi) is 8.35. The number of aliphatic imine (C=N–C) groups is 1. The maximum atomic E-state index is 13.4. The predicted molar refractivity (Wildman–Crippen MR) is 127 cm³/mol. The van der Waals surface area contributed by atoms with Crippen molar-refractivity contribution in [3.63, 3.8) is 0 Å². The second-order valence-electron chi connectivity index (χ2n) is 7.39. The first-order chi connectivity index (χ1) is 17.4. The Bertz CT molecular complexity index is 1390. The van der Waals surface area contributed by atoms with Crippen LogP contribution in [0.4, 0.5) is 37.7 Å². The third kappa shape index (κ3) is 7.18. The molecule has 0 atom stereocenters. The van der Waals surface area contributed by atoms with Crippen molar-refractivity contribution in [2.45, 2.75) is 18.1 Å². The van der Waals surface area contributed by atoms with Crippen molar-refractivity contribution in [3.8, 4) is 17.9 Å². The summed E-state index contributed by atoms with van der Waals surface area (Å²) in [7, 11) is 1.50. The summed E-state index contributed by atoms with van der Waals surface area (Å²) < 4.78 is 85.5. The van der Waals surface area contributed by atoms with Gasteiger partial charge in [0.15, 0.2) is 5.17 Å². The molecule has 0 fully saturated rings. The van der Waals surface area contributed by atoms with E-state index in [1.54, 1.807) is 24.3 Å². The Labute approximate surface area is 212 Å². The van der Waals surface area contributed by atoms with E-state index in [1.807, 2.05) is 0 Å². The number of hydrogen-bond donors (Lipinski definition) is 1. The van der Waals surface area contributed by atoms with Crippen LogP contribution in [-0.2, 0) is 18.1 Å². The van der Waals surface area contributed by atoms with E-state index in [-0.39, 0.29) is 22.3 Å². The van der Waals surface area contributed by atoms with Gasteiger partial charge in [0.25, 0.3) is 0 Å². The highest BCUT2D eigenvalue weighted by molar-refractivity contribution is 8.13. The molecule has 190 valence electrons. The van der Waals surface area contributed by atoms with Crippen LogP contribution >= 0.6 is 11.8 Å². The van der Waals surface area contributed by atoms with Crippen LogP contribution in [0, 0.1) is 22.7 Å². The summed E-state index contributed by atoms with van der Waals surface area (Å²) >= 11 is 1.03. The molecule has 0 aromatic heterocycles. The Morgan fingerprint density at radius 1 is 0.865 bits per heavy atom. The van der Waals surface area contributed by atoms with Gasteiger partial charge in [0.1, 0.15) is 5.75 Å².